The average Bonchev–Trinajstić information content (AvgIpc) is 3.16. The van der Waals surface area contributed by atoms with E-state index in [9.17, 15) is 9.59 Å². The number of hydrogen-bond donors (Lipinski definition) is 1. The molecule has 0 aliphatic carbocycles. The van der Waals surface area contributed by atoms with Gasteiger partial charge in [-0.3, -0.25) is 14.9 Å². The van der Waals surface area contributed by atoms with Crippen LogP contribution in [0.3, 0.4) is 0 Å². The molecule has 0 saturated heterocycles. The Hall–Kier alpha value is -2.97. The fourth-order valence-corrected chi connectivity index (χ4v) is 4.22. The Labute approximate surface area is 175 Å². The van der Waals surface area contributed by atoms with Crippen LogP contribution in [0.2, 0.25) is 0 Å². The summed E-state index contributed by atoms with van der Waals surface area (Å²) < 4.78 is 9.92. The normalized spacial score (nSPS) is 11.0. The molecular weight excluding hydrogens is 406 g/mol. The van der Waals surface area contributed by atoms with Crippen LogP contribution in [0.1, 0.15) is 27.2 Å². The lowest BCUT2D eigenvalue weighted by molar-refractivity contribution is 0.0997. The number of nitrogens with zero attached hydrogens (tertiary/aromatic N) is 2. The summed E-state index contributed by atoms with van der Waals surface area (Å²) in [7, 11) is 0. The molecule has 0 fully saturated rings. The summed E-state index contributed by atoms with van der Waals surface area (Å²) in [6, 6.07) is 14.8. The van der Waals surface area contributed by atoms with Crippen molar-refractivity contribution in [2.45, 2.75) is 24.8 Å². The minimum Gasteiger partial charge on any atom is -0.451 e. The minimum atomic E-state index is -0.530. The average molecular weight is 424 g/mol. The Kier molecular flexibility index (Phi) is 5.46. The summed E-state index contributed by atoms with van der Waals surface area (Å²) in [5, 5.41) is 4.05. The van der Waals surface area contributed by atoms with Crippen molar-refractivity contribution in [1.82, 2.24) is 9.36 Å². The van der Waals surface area contributed by atoms with Crippen LogP contribution in [-0.2, 0) is 5.75 Å². The van der Waals surface area contributed by atoms with Crippen LogP contribution in [0.4, 0.5) is 5.13 Å². The monoisotopic (exact) mass is 423 g/mol. The van der Waals surface area contributed by atoms with Crippen molar-refractivity contribution in [3.63, 3.8) is 0 Å². The van der Waals surface area contributed by atoms with Gasteiger partial charge in [-0.15, -0.1) is 0 Å². The van der Waals surface area contributed by atoms with Gasteiger partial charge in [0.2, 0.25) is 10.3 Å². The summed E-state index contributed by atoms with van der Waals surface area (Å²) in [6.45, 7) is 3.86. The molecule has 0 spiro atoms. The zero-order valence-corrected chi connectivity index (χ0v) is 17.4. The highest BCUT2D eigenvalue weighted by atomic mass is 32.2. The number of carbonyl (C=O) groups is 1. The lowest BCUT2D eigenvalue weighted by Crippen LogP contribution is -2.15. The quantitative estimate of drug-likeness (QED) is 0.464. The molecule has 6 nitrogen and oxygen atoms in total. The zero-order valence-electron chi connectivity index (χ0n) is 15.8. The van der Waals surface area contributed by atoms with Crippen molar-refractivity contribution in [1.29, 1.82) is 0 Å². The second-order valence-electron chi connectivity index (χ2n) is 6.52. The number of aromatic nitrogens is 2. The Morgan fingerprint density at radius 3 is 2.69 bits per heavy atom. The van der Waals surface area contributed by atoms with E-state index in [2.05, 4.69) is 14.7 Å². The minimum absolute atomic E-state index is 0.0561. The van der Waals surface area contributed by atoms with E-state index in [-0.39, 0.29) is 11.2 Å². The Morgan fingerprint density at radius 1 is 1.14 bits per heavy atom. The van der Waals surface area contributed by atoms with Crippen molar-refractivity contribution in [2.24, 2.45) is 0 Å². The van der Waals surface area contributed by atoms with Crippen LogP contribution in [0.25, 0.3) is 11.0 Å². The number of amides is 1. The molecular formula is C21H17N3O3S2. The van der Waals surface area contributed by atoms with Gasteiger partial charge in [0, 0.05) is 23.4 Å². The topological polar surface area (TPSA) is 85.1 Å². The van der Waals surface area contributed by atoms with Gasteiger partial charge in [0.1, 0.15) is 5.58 Å². The predicted molar refractivity (Wildman–Crippen MR) is 116 cm³/mol. The number of rotatable bonds is 5. The molecule has 0 aliphatic rings. The van der Waals surface area contributed by atoms with Crippen LogP contribution in [-0.4, -0.2) is 15.3 Å². The van der Waals surface area contributed by atoms with Gasteiger partial charge < -0.3 is 4.42 Å². The van der Waals surface area contributed by atoms with Crippen LogP contribution in [0.15, 0.2) is 62.9 Å². The molecule has 0 saturated carbocycles. The second kappa shape index (κ2) is 8.18. The molecule has 29 heavy (non-hydrogen) atoms. The number of thioether (sulfide) groups is 1. The molecule has 0 atom stereocenters. The first-order valence-electron chi connectivity index (χ1n) is 8.86. The molecule has 8 heteroatoms. The van der Waals surface area contributed by atoms with Crippen molar-refractivity contribution >= 4 is 45.3 Å². The third-order valence-corrected chi connectivity index (χ3v) is 6.07. The molecule has 4 rings (SSSR count). The molecule has 4 aromatic rings. The van der Waals surface area contributed by atoms with E-state index in [1.54, 1.807) is 12.1 Å². The summed E-state index contributed by atoms with van der Waals surface area (Å²) in [5.41, 5.74) is 3.29. The fraction of sp³-hybridized carbons (Fsp3) is 0.143. The van der Waals surface area contributed by atoms with E-state index in [0.29, 0.717) is 21.3 Å². The predicted octanol–water partition coefficient (Wildman–Crippen LogP) is 4.81. The Balaban J connectivity index is 1.49. The van der Waals surface area contributed by atoms with Gasteiger partial charge in [0.25, 0.3) is 5.91 Å². The molecule has 1 amide bonds. The van der Waals surface area contributed by atoms with Crippen molar-refractivity contribution < 1.29 is 9.21 Å². The SMILES string of the molecule is Cc1cc2oc(C(=O)Nc3nc(SCc4ccccc4)ns3)cc(=O)c2cc1C. The molecule has 2 heterocycles. The molecule has 0 bridgehead atoms. The highest BCUT2D eigenvalue weighted by Gasteiger charge is 2.16. The molecule has 2 aromatic heterocycles. The number of carbonyl (C=O) groups excluding carboxylic acids is 1. The van der Waals surface area contributed by atoms with Gasteiger partial charge in [0.05, 0.1) is 5.39 Å². The number of anilines is 1. The zero-order chi connectivity index (χ0) is 20.4. The van der Waals surface area contributed by atoms with Gasteiger partial charge >= 0.3 is 0 Å². The first kappa shape index (κ1) is 19.4. The smallest absolute Gasteiger partial charge is 0.293 e. The largest absolute Gasteiger partial charge is 0.451 e. The third-order valence-electron chi connectivity index (χ3n) is 4.41. The highest BCUT2D eigenvalue weighted by Crippen LogP contribution is 2.24. The number of aryl methyl sites for hydroxylation is 2. The van der Waals surface area contributed by atoms with Crippen molar-refractivity contribution in [3.8, 4) is 0 Å². The van der Waals surface area contributed by atoms with Crippen LogP contribution < -0.4 is 10.7 Å². The summed E-state index contributed by atoms with van der Waals surface area (Å²) in [5.74, 6) is 0.154. The van der Waals surface area contributed by atoms with E-state index >= 15 is 0 Å². The van der Waals surface area contributed by atoms with Crippen LogP contribution in [0, 0.1) is 13.8 Å². The van der Waals surface area contributed by atoms with E-state index in [1.807, 2.05) is 44.2 Å². The molecule has 0 unspecified atom stereocenters. The van der Waals surface area contributed by atoms with Gasteiger partial charge in [-0.1, -0.05) is 42.1 Å². The lowest BCUT2D eigenvalue weighted by Gasteiger charge is -2.05. The van der Waals surface area contributed by atoms with Gasteiger partial charge in [-0.05, 0) is 42.7 Å². The maximum Gasteiger partial charge on any atom is 0.293 e. The molecule has 0 radical (unpaired) electrons. The van der Waals surface area contributed by atoms with Gasteiger partial charge in [-0.25, -0.2) is 0 Å². The number of fused-ring (bicyclic) bond motifs is 1. The lowest BCUT2D eigenvalue weighted by atomic mass is 10.1. The van der Waals surface area contributed by atoms with E-state index in [0.717, 1.165) is 28.4 Å². The maximum absolute atomic E-state index is 12.5. The number of hydrogen-bond acceptors (Lipinski definition) is 7. The summed E-state index contributed by atoms with van der Waals surface area (Å²) >= 11 is 2.57. The van der Waals surface area contributed by atoms with E-state index < -0.39 is 5.91 Å². The van der Waals surface area contributed by atoms with Crippen LogP contribution in [0.5, 0.6) is 0 Å². The highest BCUT2D eigenvalue weighted by molar-refractivity contribution is 7.98. The van der Waals surface area contributed by atoms with Crippen molar-refractivity contribution in [2.75, 3.05) is 5.32 Å². The standard InChI is InChI=1S/C21H17N3O3S2/c1-12-8-15-16(25)10-18(27-17(15)9-13(12)2)19(26)22-20-23-21(24-29-20)28-11-14-6-4-3-5-7-14/h3-10H,11H2,1-2H3,(H,22,23,24,26). The Bertz CT molecular complexity index is 1250. The molecule has 146 valence electrons. The molecule has 0 aliphatic heterocycles. The first-order chi connectivity index (χ1) is 14.0. The van der Waals surface area contributed by atoms with Crippen LogP contribution >= 0.6 is 23.3 Å². The summed E-state index contributed by atoms with van der Waals surface area (Å²) in [6.07, 6.45) is 0. The molecule has 2 aromatic carbocycles. The Morgan fingerprint density at radius 2 is 1.90 bits per heavy atom. The van der Waals surface area contributed by atoms with Crippen molar-refractivity contribution in [3.05, 3.63) is 81.2 Å². The van der Waals surface area contributed by atoms with Gasteiger partial charge in [0.15, 0.2) is 11.2 Å². The van der Waals surface area contributed by atoms with E-state index in [1.165, 1.54) is 23.4 Å². The third kappa shape index (κ3) is 4.38. The maximum atomic E-state index is 12.5. The fourth-order valence-electron chi connectivity index (χ4n) is 2.72. The van der Waals surface area contributed by atoms with Gasteiger partial charge in [-0.2, -0.15) is 9.36 Å². The number of nitrogens with one attached hydrogen (secondary N) is 1. The summed E-state index contributed by atoms with van der Waals surface area (Å²) in [4.78, 5) is 29.2. The van der Waals surface area contributed by atoms with E-state index in [4.69, 9.17) is 4.42 Å². The second-order valence-corrected chi connectivity index (χ2v) is 8.21. The first-order valence-corrected chi connectivity index (χ1v) is 10.6. The molecule has 1 N–H and O–H groups in total. The number of benzene rings is 2.